The van der Waals surface area contributed by atoms with Crippen LogP contribution in [0.4, 0.5) is 0 Å². The summed E-state index contributed by atoms with van der Waals surface area (Å²) in [5.74, 6) is -0.151. The second-order valence-corrected chi connectivity index (χ2v) is 5.43. The maximum Gasteiger partial charge on any atom is 0.524 e. The van der Waals surface area contributed by atoms with E-state index in [2.05, 4.69) is 4.52 Å². The first-order valence-electron chi connectivity index (χ1n) is 5.88. The van der Waals surface area contributed by atoms with Crippen LogP contribution in [-0.2, 0) is 4.57 Å². The molecule has 0 aromatic heterocycles. The zero-order valence-corrected chi connectivity index (χ0v) is 11.6. The molecule has 0 aliphatic rings. The largest absolute Gasteiger partial charge is 0.524 e. The van der Waals surface area contributed by atoms with E-state index >= 15 is 0 Å². The van der Waals surface area contributed by atoms with Gasteiger partial charge in [0.05, 0.1) is 0 Å². The lowest BCUT2D eigenvalue weighted by atomic mass is 10.1. The lowest BCUT2D eigenvalue weighted by Gasteiger charge is -2.08. The molecule has 0 saturated heterocycles. The number of hydrogen-bond donors (Lipinski definition) is 4. The summed E-state index contributed by atoms with van der Waals surface area (Å²) in [7, 11) is -4.67. The average molecular weight is 308 g/mol. The molecule has 0 unspecified atom stereocenters. The van der Waals surface area contributed by atoms with E-state index < -0.39 is 7.82 Å². The lowest BCUT2D eigenvalue weighted by molar-refractivity contribution is 0.283. The van der Waals surface area contributed by atoms with Gasteiger partial charge in [-0.1, -0.05) is 24.3 Å². The van der Waals surface area contributed by atoms with Crippen molar-refractivity contribution >= 4 is 20.0 Å². The monoisotopic (exact) mass is 308 g/mol. The van der Waals surface area contributed by atoms with Crippen molar-refractivity contribution in [3.63, 3.8) is 0 Å². The maximum absolute atomic E-state index is 10.8. The van der Waals surface area contributed by atoms with E-state index in [1.165, 1.54) is 24.3 Å². The van der Waals surface area contributed by atoms with Gasteiger partial charge in [-0.05, 0) is 35.4 Å². The molecule has 110 valence electrons. The van der Waals surface area contributed by atoms with Crippen molar-refractivity contribution < 1.29 is 29.1 Å². The second kappa shape index (κ2) is 6.01. The van der Waals surface area contributed by atoms with Crippen molar-refractivity contribution in [2.24, 2.45) is 0 Å². The van der Waals surface area contributed by atoms with Crippen LogP contribution in [0.2, 0.25) is 0 Å². The van der Waals surface area contributed by atoms with Gasteiger partial charge in [-0.25, -0.2) is 4.57 Å². The summed E-state index contributed by atoms with van der Waals surface area (Å²) in [6.45, 7) is 0. The van der Waals surface area contributed by atoms with Gasteiger partial charge in [-0.2, -0.15) is 0 Å². The predicted octanol–water partition coefficient (Wildman–Crippen LogP) is 2.74. The first kappa shape index (κ1) is 15.1. The molecule has 0 aliphatic heterocycles. The zero-order valence-electron chi connectivity index (χ0n) is 10.7. The number of benzene rings is 2. The van der Waals surface area contributed by atoms with Crippen molar-refractivity contribution in [3.05, 3.63) is 53.6 Å². The van der Waals surface area contributed by atoms with Crippen LogP contribution in [0.1, 0.15) is 11.1 Å². The molecular weight excluding hydrogens is 295 g/mol. The van der Waals surface area contributed by atoms with Crippen molar-refractivity contribution in [1.29, 1.82) is 0 Å². The first-order valence-corrected chi connectivity index (χ1v) is 7.41. The van der Waals surface area contributed by atoms with Gasteiger partial charge in [-0.15, -0.1) is 0 Å². The Kier molecular flexibility index (Phi) is 4.33. The minimum absolute atomic E-state index is 0.131. The summed E-state index contributed by atoms with van der Waals surface area (Å²) in [5, 5.41) is 18.7. The molecule has 2 aromatic rings. The second-order valence-electron chi connectivity index (χ2n) is 4.27. The summed E-state index contributed by atoms with van der Waals surface area (Å²) in [4.78, 5) is 17.5. The molecule has 7 heteroatoms. The van der Waals surface area contributed by atoms with Gasteiger partial charge in [0.2, 0.25) is 0 Å². The number of phosphoric acid groups is 1. The Morgan fingerprint density at radius 2 is 1.48 bits per heavy atom. The number of phenolic OH excluding ortho intramolecular Hbond substituents is 2. The van der Waals surface area contributed by atoms with Crippen LogP contribution in [0, 0.1) is 0 Å². The van der Waals surface area contributed by atoms with E-state index in [1.54, 1.807) is 24.3 Å². The minimum atomic E-state index is -4.67. The number of aromatic hydroxyl groups is 2. The van der Waals surface area contributed by atoms with E-state index in [9.17, 15) is 14.8 Å². The van der Waals surface area contributed by atoms with Crippen LogP contribution in [0.25, 0.3) is 12.2 Å². The fraction of sp³-hybridized carbons (Fsp3) is 0. The number of rotatable bonds is 4. The predicted molar refractivity (Wildman–Crippen MR) is 77.8 cm³/mol. The van der Waals surface area contributed by atoms with Crippen LogP contribution in [0.5, 0.6) is 17.2 Å². The molecule has 21 heavy (non-hydrogen) atoms. The van der Waals surface area contributed by atoms with E-state index in [0.717, 1.165) is 11.6 Å². The van der Waals surface area contributed by atoms with Crippen LogP contribution >= 0.6 is 7.82 Å². The van der Waals surface area contributed by atoms with Crippen molar-refractivity contribution in [2.45, 2.75) is 0 Å². The minimum Gasteiger partial charge on any atom is -0.508 e. The smallest absolute Gasteiger partial charge is 0.508 e. The Labute approximate surface area is 120 Å². The maximum atomic E-state index is 10.8. The number of hydrogen-bond acceptors (Lipinski definition) is 4. The van der Waals surface area contributed by atoms with E-state index in [-0.39, 0.29) is 17.2 Å². The van der Waals surface area contributed by atoms with Gasteiger partial charge in [-0.3, -0.25) is 9.79 Å². The summed E-state index contributed by atoms with van der Waals surface area (Å²) in [6.07, 6.45) is 3.36. The summed E-state index contributed by atoms with van der Waals surface area (Å²) in [6, 6.07) is 10.4. The van der Waals surface area contributed by atoms with E-state index in [4.69, 9.17) is 9.79 Å². The SMILES string of the molecule is O=P(O)(O)Oc1cc(O)cc(C=Cc2ccc(O)cc2)c1. The molecule has 2 rings (SSSR count). The lowest BCUT2D eigenvalue weighted by Crippen LogP contribution is -1.90. The molecule has 0 heterocycles. The highest BCUT2D eigenvalue weighted by Gasteiger charge is 2.16. The molecule has 2 aromatic carbocycles. The van der Waals surface area contributed by atoms with Gasteiger partial charge in [0.25, 0.3) is 0 Å². The van der Waals surface area contributed by atoms with Gasteiger partial charge in [0, 0.05) is 6.07 Å². The molecule has 6 nitrogen and oxygen atoms in total. The molecule has 4 N–H and O–H groups in total. The highest BCUT2D eigenvalue weighted by molar-refractivity contribution is 7.46. The molecule has 0 radical (unpaired) electrons. The van der Waals surface area contributed by atoms with Crippen molar-refractivity contribution in [1.82, 2.24) is 0 Å². The molecule has 0 fully saturated rings. The Hall–Kier alpha value is -2.27. The van der Waals surface area contributed by atoms with Gasteiger partial charge in [0.1, 0.15) is 17.2 Å². The third-order valence-corrected chi connectivity index (χ3v) is 2.95. The quantitative estimate of drug-likeness (QED) is 0.511. The van der Waals surface area contributed by atoms with Crippen LogP contribution in [-0.4, -0.2) is 20.0 Å². The summed E-state index contributed by atoms with van der Waals surface area (Å²) >= 11 is 0. The Bertz CT molecular complexity index is 702. The van der Waals surface area contributed by atoms with Gasteiger partial charge < -0.3 is 14.7 Å². The van der Waals surface area contributed by atoms with Crippen LogP contribution < -0.4 is 4.52 Å². The highest BCUT2D eigenvalue weighted by Crippen LogP contribution is 2.39. The zero-order chi connectivity index (χ0) is 15.5. The van der Waals surface area contributed by atoms with E-state index in [0.29, 0.717) is 5.56 Å². The Morgan fingerprint density at radius 1 is 0.857 bits per heavy atom. The Balaban J connectivity index is 2.23. The molecule has 0 aliphatic carbocycles. The summed E-state index contributed by atoms with van der Waals surface area (Å²) < 4.78 is 15.2. The normalized spacial score (nSPS) is 11.7. The van der Waals surface area contributed by atoms with Crippen molar-refractivity contribution in [2.75, 3.05) is 0 Å². The van der Waals surface area contributed by atoms with Gasteiger partial charge in [0.15, 0.2) is 0 Å². The topological polar surface area (TPSA) is 107 Å². The molecule has 0 spiro atoms. The number of phenols is 2. The standard InChI is InChI=1S/C14H13O6P/c15-12-5-3-10(4-6-12)1-2-11-7-13(16)9-14(8-11)20-21(17,18)19/h1-9,15-16H,(H2,17,18,19). The van der Waals surface area contributed by atoms with E-state index in [1.807, 2.05) is 0 Å². The fourth-order valence-corrected chi connectivity index (χ4v) is 2.05. The van der Waals surface area contributed by atoms with Crippen molar-refractivity contribution in [3.8, 4) is 17.2 Å². The highest BCUT2D eigenvalue weighted by atomic mass is 31.2. The fourth-order valence-electron chi connectivity index (χ4n) is 1.67. The molecule has 0 atom stereocenters. The molecule has 0 saturated carbocycles. The molecule has 0 amide bonds. The van der Waals surface area contributed by atoms with Gasteiger partial charge >= 0.3 is 7.82 Å². The molecule has 0 bridgehead atoms. The Morgan fingerprint density at radius 3 is 2.10 bits per heavy atom. The third kappa shape index (κ3) is 4.96. The summed E-state index contributed by atoms with van der Waals surface area (Å²) in [5.41, 5.74) is 1.32. The van der Waals surface area contributed by atoms with Crippen LogP contribution in [0.15, 0.2) is 42.5 Å². The third-order valence-electron chi connectivity index (χ3n) is 2.50. The number of phosphoric ester groups is 1. The average Bonchev–Trinajstić information content (AvgIpc) is 2.35. The first-order chi connectivity index (χ1) is 9.82. The van der Waals surface area contributed by atoms with Crippen LogP contribution in [0.3, 0.4) is 0 Å². The molecular formula is C14H13O6P.